The van der Waals surface area contributed by atoms with E-state index in [0.29, 0.717) is 19.4 Å². The molecular weight excluding hydrogens is 312 g/mol. The number of nitrogens with one attached hydrogen (secondary N) is 1. The van der Waals surface area contributed by atoms with E-state index in [0.717, 1.165) is 23.2 Å². The highest BCUT2D eigenvalue weighted by Crippen LogP contribution is 2.09. The number of aryl methyl sites for hydroxylation is 2. The molecule has 0 unspecified atom stereocenters. The monoisotopic (exact) mass is 338 g/mol. The molecule has 4 heteroatoms. The van der Waals surface area contributed by atoms with Crippen molar-refractivity contribution in [1.29, 1.82) is 0 Å². The molecule has 2 aromatic rings. The van der Waals surface area contributed by atoms with Crippen LogP contribution in [0.5, 0.6) is 0 Å². The van der Waals surface area contributed by atoms with E-state index in [9.17, 15) is 9.59 Å². The minimum atomic E-state index is -0.162. The molecule has 0 spiro atoms. The fraction of sp³-hybridized carbons (Fsp3) is 0.333. The molecule has 0 aromatic heterocycles. The van der Waals surface area contributed by atoms with Crippen molar-refractivity contribution < 1.29 is 9.59 Å². The lowest BCUT2D eigenvalue weighted by Gasteiger charge is -2.21. The molecule has 2 rings (SSSR count). The molecule has 2 aromatic carbocycles. The van der Waals surface area contributed by atoms with Gasteiger partial charge in [-0.05, 0) is 37.5 Å². The number of carbonyl (C=O) groups excluding carboxylic acids is 2. The number of amides is 2. The molecule has 0 bridgehead atoms. The van der Waals surface area contributed by atoms with E-state index in [1.54, 1.807) is 4.90 Å². The van der Waals surface area contributed by atoms with Gasteiger partial charge in [0.15, 0.2) is 0 Å². The maximum atomic E-state index is 12.5. The molecule has 25 heavy (non-hydrogen) atoms. The Morgan fingerprint density at radius 2 is 1.68 bits per heavy atom. The first-order valence-corrected chi connectivity index (χ1v) is 8.76. The molecule has 1 N–H and O–H groups in total. The van der Waals surface area contributed by atoms with Gasteiger partial charge in [-0.3, -0.25) is 9.59 Å². The van der Waals surface area contributed by atoms with Crippen molar-refractivity contribution >= 4 is 17.5 Å². The van der Waals surface area contributed by atoms with Crippen LogP contribution in [0.15, 0.2) is 54.6 Å². The van der Waals surface area contributed by atoms with Crippen LogP contribution in [0.3, 0.4) is 0 Å². The van der Waals surface area contributed by atoms with Crippen molar-refractivity contribution in [2.24, 2.45) is 0 Å². The van der Waals surface area contributed by atoms with Gasteiger partial charge >= 0.3 is 0 Å². The second kappa shape index (κ2) is 9.62. The van der Waals surface area contributed by atoms with Crippen LogP contribution in [0.2, 0.25) is 0 Å². The highest BCUT2D eigenvalue weighted by atomic mass is 16.2. The van der Waals surface area contributed by atoms with Gasteiger partial charge in [-0.25, -0.2) is 0 Å². The largest absolute Gasteiger partial charge is 0.333 e. The molecule has 0 radical (unpaired) electrons. The Morgan fingerprint density at radius 3 is 2.32 bits per heavy atom. The number of nitrogens with zero attached hydrogens (tertiary/aromatic N) is 1. The molecule has 0 fully saturated rings. The number of rotatable bonds is 8. The molecule has 132 valence electrons. The topological polar surface area (TPSA) is 49.4 Å². The predicted octanol–water partition coefficient (Wildman–Crippen LogP) is 3.80. The van der Waals surface area contributed by atoms with E-state index in [-0.39, 0.29) is 18.4 Å². The highest BCUT2D eigenvalue weighted by molar-refractivity contribution is 5.94. The Morgan fingerprint density at radius 1 is 1.00 bits per heavy atom. The Bertz CT molecular complexity index is 681. The Labute approximate surface area is 149 Å². The van der Waals surface area contributed by atoms with Crippen molar-refractivity contribution in [3.63, 3.8) is 0 Å². The molecule has 0 aliphatic rings. The maximum Gasteiger partial charge on any atom is 0.243 e. The highest BCUT2D eigenvalue weighted by Gasteiger charge is 2.16. The zero-order chi connectivity index (χ0) is 18.1. The summed E-state index contributed by atoms with van der Waals surface area (Å²) in [6, 6.07) is 17.6. The minimum Gasteiger partial charge on any atom is -0.333 e. The van der Waals surface area contributed by atoms with Gasteiger partial charge in [0.25, 0.3) is 0 Å². The molecule has 0 saturated carbocycles. The summed E-state index contributed by atoms with van der Waals surface area (Å²) in [7, 11) is 0. The van der Waals surface area contributed by atoms with Crippen molar-refractivity contribution in [1.82, 2.24) is 4.90 Å². The third kappa shape index (κ3) is 6.42. The fourth-order valence-corrected chi connectivity index (χ4v) is 2.63. The molecule has 0 saturated heterocycles. The standard InChI is InChI=1S/C21H26N2O2/c1-3-15-23(21(25)14-11-18-7-5-4-6-8-18)16-20(24)22-19-12-9-17(2)10-13-19/h4-10,12-13H,3,11,14-16H2,1-2H3,(H,22,24). The van der Waals surface area contributed by atoms with Crippen molar-refractivity contribution in [2.75, 3.05) is 18.4 Å². The van der Waals surface area contributed by atoms with Gasteiger partial charge in [-0.2, -0.15) is 0 Å². The molecule has 0 aliphatic carbocycles. The molecule has 0 heterocycles. The Hall–Kier alpha value is -2.62. The van der Waals surface area contributed by atoms with E-state index < -0.39 is 0 Å². The van der Waals surface area contributed by atoms with Crippen LogP contribution in [0.1, 0.15) is 30.9 Å². The van der Waals surface area contributed by atoms with E-state index in [1.807, 2.05) is 68.4 Å². The number of carbonyl (C=O) groups is 2. The fourth-order valence-electron chi connectivity index (χ4n) is 2.63. The normalized spacial score (nSPS) is 10.3. The van der Waals surface area contributed by atoms with Crippen LogP contribution in [-0.2, 0) is 16.0 Å². The summed E-state index contributed by atoms with van der Waals surface area (Å²) in [6.07, 6.45) is 1.94. The van der Waals surface area contributed by atoms with Crippen LogP contribution in [0, 0.1) is 6.92 Å². The van der Waals surface area contributed by atoms with Crippen molar-refractivity contribution in [3.8, 4) is 0 Å². The van der Waals surface area contributed by atoms with Crippen LogP contribution < -0.4 is 5.32 Å². The van der Waals surface area contributed by atoms with Crippen LogP contribution in [-0.4, -0.2) is 29.8 Å². The van der Waals surface area contributed by atoms with E-state index in [2.05, 4.69) is 5.32 Å². The van der Waals surface area contributed by atoms with Crippen molar-refractivity contribution in [3.05, 3.63) is 65.7 Å². The van der Waals surface area contributed by atoms with Crippen LogP contribution in [0.4, 0.5) is 5.69 Å². The summed E-state index contributed by atoms with van der Waals surface area (Å²) in [4.78, 5) is 26.4. The molecule has 0 atom stereocenters. The Balaban J connectivity index is 1.88. The number of hydrogen-bond donors (Lipinski definition) is 1. The first-order chi connectivity index (χ1) is 12.1. The van der Waals surface area contributed by atoms with Gasteiger partial charge in [-0.1, -0.05) is 55.0 Å². The van der Waals surface area contributed by atoms with Crippen LogP contribution in [0.25, 0.3) is 0 Å². The quantitative estimate of drug-likeness (QED) is 0.796. The number of hydrogen-bond acceptors (Lipinski definition) is 2. The lowest BCUT2D eigenvalue weighted by Crippen LogP contribution is -2.38. The summed E-state index contributed by atoms with van der Waals surface area (Å²) in [5.41, 5.74) is 3.03. The summed E-state index contributed by atoms with van der Waals surface area (Å²) in [5.74, 6) is -0.143. The zero-order valence-corrected chi connectivity index (χ0v) is 15.0. The molecule has 4 nitrogen and oxygen atoms in total. The van der Waals surface area contributed by atoms with Crippen molar-refractivity contribution in [2.45, 2.75) is 33.1 Å². The zero-order valence-electron chi connectivity index (χ0n) is 15.0. The summed E-state index contributed by atoms with van der Waals surface area (Å²) in [6.45, 7) is 4.69. The average molecular weight is 338 g/mol. The lowest BCUT2D eigenvalue weighted by molar-refractivity contribution is -0.134. The molecular formula is C21H26N2O2. The summed E-state index contributed by atoms with van der Waals surface area (Å²) in [5, 5.41) is 2.85. The van der Waals surface area contributed by atoms with E-state index in [4.69, 9.17) is 0 Å². The number of benzene rings is 2. The number of anilines is 1. The van der Waals surface area contributed by atoms with Crippen LogP contribution >= 0.6 is 0 Å². The molecule has 2 amide bonds. The van der Waals surface area contributed by atoms with E-state index in [1.165, 1.54) is 0 Å². The maximum absolute atomic E-state index is 12.5. The van der Waals surface area contributed by atoms with Gasteiger partial charge in [0.1, 0.15) is 0 Å². The van der Waals surface area contributed by atoms with Gasteiger partial charge in [-0.15, -0.1) is 0 Å². The SMILES string of the molecule is CCCN(CC(=O)Nc1ccc(C)cc1)C(=O)CCc1ccccc1. The third-order valence-corrected chi connectivity index (χ3v) is 3.99. The van der Waals surface area contributed by atoms with Gasteiger partial charge in [0, 0.05) is 18.7 Å². The lowest BCUT2D eigenvalue weighted by atomic mass is 10.1. The second-order valence-corrected chi connectivity index (χ2v) is 6.22. The van der Waals surface area contributed by atoms with Gasteiger partial charge in [0.05, 0.1) is 6.54 Å². The van der Waals surface area contributed by atoms with Gasteiger partial charge < -0.3 is 10.2 Å². The smallest absolute Gasteiger partial charge is 0.243 e. The first kappa shape index (κ1) is 18.7. The molecule has 0 aliphatic heterocycles. The summed E-state index contributed by atoms with van der Waals surface area (Å²) >= 11 is 0. The third-order valence-electron chi connectivity index (χ3n) is 3.99. The van der Waals surface area contributed by atoms with E-state index >= 15 is 0 Å². The minimum absolute atomic E-state index is 0.0183. The second-order valence-electron chi connectivity index (χ2n) is 6.22. The Kier molecular flexibility index (Phi) is 7.20. The summed E-state index contributed by atoms with van der Waals surface area (Å²) < 4.78 is 0. The average Bonchev–Trinajstić information content (AvgIpc) is 2.62. The predicted molar refractivity (Wildman–Crippen MR) is 101 cm³/mol. The van der Waals surface area contributed by atoms with Gasteiger partial charge in [0.2, 0.25) is 11.8 Å². The first-order valence-electron chi connectivity index (χ1n) is 8.76.